The maximum Gasteiger partial charge on any atom is 0.156 e. The first kappa shape index (κ1) is 10.6. The Kier molecular flexibility index (Phi) is 3.46. The Balaban J connectivity index is 1.94. The fourth-order valence-corrected chi connectivity index (χ4v) is 1.26. The number of hydrogen-bond acceptors (Lipinski definition) is 4. The molecular weight excluding hydrogens is 202 g/mol. The summed E-state index contributed by atoms with van der Waals surface area (Å²) in [7, 11) is 0. The monoisotopic (exact) mass is 215 g/mol. The highest BCUT2D eigenvalue weighted by atomic mass is 16.5. The Morgan fingerprint density at radius 3 is 2.38 bits per heavy atom. The minimum absolute atomic E-state index is 0.346. The van der Waals surface area contributed by atoms with Crippen molar-refractivity contribution in [3.05, 3.63) is 54.1 Å². The number of aromatic nitrogens is 2. The molecule has 0 bridgehead atoms. The van der Waals surface area contributed by atoms with Crippen molar-refractivity contribution >= 4 is 0 Å². The third kappa shape index (κ3) is 2.77. The minimum atomic E-state index is 0.346. The molecule has 0 atom stereocenters. The predicted molar refractivity (Wildman–Crippen MR) is 60.7 cm³/mol. The summed E-state index contributed by atoms with van der Waals surface area (Å²) in [6.07, 6.45) is 3.27. The molecule has 2 aromatic rings. The van der Waals surface area contributed by atoms with Crippen LogP contribution in [0.15, 0.2) is 42.7 Å². The summed E-state index contributed by atoms with van der Waals surface area (Å²) in [5, 5.41) is 0. The molecule has 4 heteroatoms. The van der Waals surface area contributed by atoms with Crippen molar-refractivity contribution in [3.8, 4) is 5.75 Å². The van der Waals surface area contributed by atoms with Gasteiger partial charge in [0.1, 0.15) is 12.4 Å². The van der Waals surface area contributed by atoms with Crippen molar-refractivity contribution in [2.24, 2.45) is 5.73 Å². The van der Waals surface area contributed by atoms with Crippen LogP contribution in [-0.4, -0.2) is 9.97 Å². The molecule has 1 aromatic carbocycles. The van der Waals surface area contributed by atoms with Crippen LogP contribution in [0.5, 0.6) is 5.75 Å². The lowest BCUT2D eigenvalue weighted by atomic mass is 10.2. The van der Waals surface area contributed by atoms with Crippen LogP contribution in [0.25, 0.3) is 0 Å². The first-order valence-electron chi connectivity index (χ1n) is 5.06. The Labute approximate surface area is 94.1 Å². The summed E-state index contributed by atoms with van der Waals surface area (Å²) in [4.78, 5) is 8.10. The number of nitrogens with zero attached hydrogens (tertiary/aromatic N) is 2. The quantitative estimate of drug-likeness (QED) is 0.839. The molecule has 0 radical (unpaired) electrons. The van der Waals surface area contributed by atoms with E-state index < -0.39 is 0 Å². The van der Waals surface area contributed by atoms with E-state index in [1.807, 2.05) is 30.3 Å². The predicted octanol–water partition coefficient (Wildman–Crippen LogP) is 1.51. The first-order chi connectivity index (χ1) is 7.88. The number of nitrogens with two attached hydrogens (primary N) is 1. The molecule has 0 spiro atoms. The molecule has 82 valence electrons. The Morgan fingerprint density at radius 1 is 1.06 bits per heavy atom. The van der Waals surface area contributed by atoms with Gasteiger partial charge in [-0.2, -0.15) is 0 Å². The largest absolute Gasteiger partial charge is 0.486 e. The molecular formula is C12H13N3O. The van der Waals surface area contributed by atoms with E-state index in [9.17, 15) is 0 Å². The second kappa shape index (κ2) is 5.23. The second-order valence-corrected chi connectivity index (χ2v) is 3.31. The van der Waals surface area contributed by atoms with E-state index >= 15 is 0 Å². The smallest absolute Gasteiger partial charge is 0.156 e. The SMILES string of the molecule is NCc1ncc(OCc2ccccc2)cn1. The average Bonchev–Trinajstić information content (AvgIpc) is 2.38. The minimum Gasteiger partial charge on any atom is -0.486 e. The van der Waals surface area contributed by atoms with E-state index in [1.54, 1.807) is 12.4 Å². The molecule has 0 aliphatic rings. The summed E-state index contributed by atoms with van der Waals surface area (Å²) in [5.74, 6) is 1.27. The molecule has 1 heterocycles. The van der Waals surface area contributed by atoms with Crippen LogP contribution in [0.2, 0.25) is 0 Å². The van der Waals surface area contributed by atoms with Gasteiger partial charge in [-0.05, 0) is 5.56 Å². The van der Waals surface area contributed by atoms with Gasteiger partial charge in [-0.1, -0.05) is 30.3 Å². The van der Waals surface area contributed by atoms with E-state index in [0.29, 0.717) is 24.7 Å². The van der Waals surface area contributed by atoms with Crippen LogP contribution < -0.4 is 10.5 Å². The van der Waals surface area contributed by atoms with Crippen LogP contribution >= 0.6 is 0 Å². The normalized spacial score (nSPS) is 10.1. The zero-order chi connectivity index (χ0) is 11.2. The molecule has 16 heavy (non-hydrogen) atoms. The van der Waals surface area contributed by atoms with Crippen molar-refractivity contribution in [3.63, 3.8) is 0 Å². The highest BCUT2D eigenvalue weighted by Gasteiger charge is 1.97. The summed E-state index contributed by atoms with van der Waals surface area (Å²) < 4.78 is 5.53. The maximum atomic E-state index is 5.53. The molecule has 0 saturated carbocycles. The number of rotatable bonds is 4. The van der Waals surface area contributed by atoms with E-state index in [1.165, 1.54) is 0 Å². The Hall–Kier alpha value is -1.94. The van der Waals surface area contributed by atoms with Crippen molar-refractivity contribution in [1.29, 1.82) is 0 Å². The van der Waals surface area contributed by atoms with E-state index in [0.717, 1.165) is 5.56 Å². The molecule has 1 aromatic heterocycles. The van der Waals surface area contributed by atoms with E-state index in [4.69, 9.17) is 10.5 Å². The van der Waals surface area contributed by atoms with E-state index in [-0.39, 0.29) is 0 Å². The van der Waals surface area contributed by atoms with Crippen molar-refractivity contribution in [2.75, 3.05) is 0 Å². The van der Waals surface area contributed by atoms with Crippen LogP contribution in [0.3, 0.4) is 0 Å². The molecule has 0 aliphatic heterocycles. The standard InChI is InChI=1S/C12H13N3O/c13-6-12-14-7-11(8-15-12)16-9-10-4-2-1-3-5-10/h1-5,7-8H,6,9,13H2. The van der Waals surface area contributed by atoms with Crippen LogP contribution in [0.4, 0.5) is 0 Å². The third-order valence-corrected chi connectivity index (χ3v) is 2.11. The molecule has 2 N–H and O–H groups in total. The molecule has 2 rings (SSSR count). The van der Waals surface area contributed by atoms with Gasteiger partial charge in [-0.15, -0.1) is 0 Å². The molecule has 4 nitrogen and oxygen atoms in total. The molecule has 0 unspecified atom stereocenters. The lowest BCUT2D eigenvalue weighted by molar-refractivity contribution is 0.303. The molecule has 0 fully saturated rings. The zero-order valence-corrected chi connectivity index (χ0v) is 8.84. The lowest BCUT2D eigenvalue weighted by Crippen LogP contribution is -2.03. The molecule has 0 aliphatic carbocycles. The number of hydrogen-bond donors (Lipinski definition) is 1. The average molecular weight is 215 g/mol. The lowest BCUT2D eigenvalue weighted by Gasteiger charge is -2.05. The van der Waals surface area contributed by atoms with Crippen molar-refractivity contribution < 1.29 is 4.74 Å². The van der Waals surface area contributed by atoms with Gasteiger partial charge in [0.2, 0.25) is 0 Å². The zero-order valence-electron chi connectivity index (χ0n) is 8.84. The molecule has 0 saturated heterocycles. The van der Waals surface area contributed by atoms with Crippen molar-refractivity contribution in [1.82, 2.24) is 9.97 Å². The first-order valence-corrected chi connectivity index (χ1v) is 5.06. The highest BCUT2D eigenvalue weighted by molar-refractivity contribution is 5.17. The van der Waals surface area contributed by atoms with Gasteiger partial charge in [0.25, 0.3) is 0 Å². The van der Waals surface area contributed by atoms with Gasteiger partial charge in [-0.25, -0.2) is 9.97 Å². The summed E-state index contributed by atoms with van der Waals surface area (Å²) in [6, 6.07) is 9.95. The van der Waals surface area contributed by atoms with Crippen LogP contribution in [-0.2, 0) is 13.2 Å². The van der Waals surface area contributed by atoms with Crippen LogP contribution in [0.1, 0.15) is 11.4 Å². The number of benzene rings is 1. The van der Waals surface area contributed by atoms with Crippen LogP contribution in [0, 0.1) is 0 Å². The summed E-state index contributed by atoms with van der Waals surface area (Å²) >= 11 is 0. The van der Waals surface area contributed by atoms with Gasteiger partial charge < -0.3 is 10.5 Å². The van der Waals surface area contributed by atoms with Gasteiger partial charge in [0.05, 0.1) is 18.9 Å². The fourth-order valence-electron chi connectivity index (χ4n) is 1.26. The maximum absolute atomic E-state index is 5.53. The van der Waals surface area contributed by atoms with Gasteiger partial charge in [0, 0.05) is 0 Å². The highest BCUT2D eigenvalue weighted by Crippen LogP contribution is 2.09. The van der Waals surface area contributed by atoms with Crippen molar-refractivity contribution in [2.45, 2.75) is 13.2 Å². The van der Waals surface area contributed by atoms with Gasteiger partial charge >= 0.3 is 0 Å². The number of ether oxygens (including phenoxy) is 1. The van der Waals surface area contributed by atoms with Gasteiger partial charge in [0.15, 0.2) is 5.75 Å². The van der Waals surface area contributed by atoms with Gasteiger partial charge in [-0.3, -0.25) is 0 Å². The summed E-state index contributed by atoms with van der Waals surface area (Å²) in [6.45, 7) is 0.866. The molecule has 0 amide bonds. The van der Waals surface area contributed by atoms with E-state index in [2.05, 4.69) is 9.97 Å². The fraction of sp³-hybridized carbons (Fsp3) is 0.167. The second-order valence-electron chi connectivity index (χ2n) is 3.31. The Morgan fingerprint density at radius 2 is 1.75 bits per heavy atom. The summed E-state index contributed by atoms with van der Waals surface area (Å²) in [5.41, 5.74) is 6.52. The Bertz CT molecular complexity index is 428. The topological polar surface area (TPSA) is 61.0 Å². The third-order valence-electron chi connectivity index (χ3n) is 2.11.